The average Bonchev–Trinajstić information content (AvgIpc) is 2.66. The summed E-state index contributed by atoms with van der Waals surface area (Å²) in [4.78, 5) is 19.4. The largest absolute Gasteiger partial charge is 0.313 e. The molecule has 0 bridgehead atoms. The predicted octanol–water partition coefficient (Wildman–Crippen LogP) is 6.61. The van der Waals surface area contributed by atoms with E-state index in [0.717, 1.165) is 27.8 Å². The molecule has 0 atom stereocenters. The summed E-state index contributed by atoms with van der Waals surface area (Å²) in [6.45, 7) is 7.97. The molecule has 3 aromatic rings. The van der Waals surface area contributed by atoms with Crippen LogP contribution in [0.25, 0.3) is 11.1 Å². The zero-order valence-electron chi connectivity index (χ0n) is 17.3. The van der Waals surface area contributed by atoms with E-state index in [4.69, 9.17) is 23.2 Å². The average molecular weight is 427 g/mol. The van der Waals surface area contributed by atoms with Crippen LogP contribution >= 0.6 is 23.2 Å². The van der Waals surface area contributed by atoms with Crippen LogP contribution in [-0.2, 0) is 10.2 Å². The number of nitrogens with zero attached hydrogens (tertiary/aromatic N) is 2. The van der Waals surface area contributed by atoms with Crippen LogP contribution in [0.5, 0.6) is 0 Å². The Bertz CT molecular complexity index is 1060. The molecular formula is C24H24Cl2N2O. The van der Waals surface area contributed by atoms with Crippen LogP contribution in [-0.4, -0.2) is 17.9 Å². The van der Waals surface area contributed by atoms with Gasteiger partial charge < -0.3 is 4.90 Å². The summed E-state index contributed by atoms with van der Waals surface area (Å²) in [5.74, 6) is -0.0417. The van der Waals surface area contributed by atoms with Crippen molar-refractivity contribution in [3.63, 3.8) is 0 Å². The number of amides is 1. The molecule has 3 nitrogen and oxygen atoms in total. The van der Waals surface area contributed by atoms with Crippen LogP contribution < -0.4 is 4.90 Å². The number of anilines is 1. The molecule has 0 spiro atoms. The summed E-state index contributed by atoms with van der Waals surface area (Å²) < 4.78 is 0. The van der Waals surface area contributed by atoms with Gasteiger partial charge in [-0.1, -0.05) is 70.7 Å². The lowest BCUT2D eigenvalue weighted by Crippen LogP contribution is -2.41. The Morgan fingerprint density at radius 3 is 2.21 bits per heavy atom. The predicted molar refractivity (Wildman–Crippen MR) is 122 cm³/mol. The second-order valence-electron chi connectivity index (χ2n) is 7.87. The van der Waals surface area contributed by atoms with Gasteiger partial charge in [0, 0.05) is 23.2 Å². The van der Waals surface area contributed by atoms with Crippen molar-refractivity contribution in [2.24, 2.45) is 0 Å². The summed E-state index contributed by atoms with van der Waals surface area (Å²) in [6.07, 6.45) is 1.62. The molecule has 0 aliphatic rings. The van der Waals surface area contributed by atoms with Gasteiger partial charge in [-0.3, -0.25) is 4.79 Å². The maximum absolute atomic E-state index is 13.6. The number of aromatic nitrogens is 1. The Morgan fingerprint density at radius 2 is 1.59 bits per heavy atom. The van der Waals surface area contributed by atoms with Crippen LogP contribution in [0, 0.1) is 13.8 Å². The number of pyridine rings is 1. The molecule has 0 unspecified atom stereocenters. The van der Waals surface area contributed by atoms with E-state index in [-0.39, 0.29) is 5.91 Å². The minimum absolute atomic E-state index is 0.0417. The van der Waals surface area contributed by atoms with E-state index >= 15 is 0 Å². The molecule has 1 amide bonds. The van der Waals surface area contributed by atoms with Crippen LogP contribution in [0.15, 0.2) is 54.7 Å². The second kappa shape index (κ2) is 8.17. The van der Waals surface area contributed by atoms with Crippen LogP contribution in [0.2, 0.25) is 10.2 Å². The monoisotopic (exact) mass is 426 g/mol. The molecule has 2 aromatic carbocycles. The van der Waals surface area contributed by atoms with E-state index in [9.17, 15) is 4.79 Å². The lowest BCUT2D eigenvalue weighted by molar-refractivity contribution is -0.122. The van der Waals surface area contributed by atoms with Gasteiger partial charge in [-0.15, -0.1) is 0 Å². The lowest BCUT2D eigenvalue weighted by atomic mass is 9.81. The molecule has 0 aliphatic heterocycles. The van der Waals surface area contributed by atoms with Gasteiger partial charge in [-0.2, -0.15) is 0 Å². The topological polar surface area (TPSA) is 33.2 Å². The molecule has 0 fully saturated rings. The Morgan fingerprint density at radius 1 is 0.966 bits per heavy atom. The Labute approximate surface area is 182 Å². The van der Waals surface area contributed by atoms with Gasteiger partial charge in [0.25, 0.3) is 0 Å². The number of hydrogen-bond acceptors (Lipinski definition) is 2. The normalized spacial score (nSPS) is 11.4. The first-order valence-electron chi connectivity index (χ1n) is 9.38. The number of aryl methyl sites for hydroxylation is 2. The maximum Gasteiger partial charge on any atom is 0.236 e. The highest BCUT2D eigenvalue weighted by Crippen LogP contribution is 2.38. The Kier molecular flexibility index (Phi) is 6.02. The molecule has 5 heteroatoms. The molecule has 1 aromatic heterocycles. The third kappa shape index (κ3) is 4.31. The number of likely N-dealkylation sites (N-methyl/N-ethyl adjacent to an activating group) is 1. The second-order valence-corrected chi connectivity index (χ2v) is 8.66. The first-order valence-corrected chi connectivity index (χ1v) is 10.1. The third-order valence-corrected chi connectivity index (χ3v) is 5.69. The first-order chi connectivity index (χ1) is 13.6. The summed E-state index contributed by atoms with van der Waals surface area (Å²) >= 11 is 12.6. The van der Waals surface area contributed by atoms with Gasteiger partial charge in [0.1, 0.15) is 5.15 Å². The number of benzene rings is 2. The summed E-state index contributed by atoms with van der Waals surface area (Å²) in [5.41, 5.74) is 4.75. The van der Waals surface area contributed by atoms with E-state index in [2.05, 4.69) is 23.2 Å². The van der Waals surface area contributed by atoms with Crippen molar-refractivity contribution in [2.45, 2.75) is 33.1 Å². The van der Waals surface area contributed by atoms with Crippen molar-refractivity contribution in [3.8, 4) is 11.1 Å². The van der Waals surface area contributed by atoms with Crippen LogP contribution in [0.1, 0.15) is 30.5 Å². The zero-order valence-corrected chi connectivity index (χ0v) is 18.8. The molecular weight excluding hydrogens is 403 g/mol. The van der Waals surface area contributed by atoms with Crippen LogP contribution in [0.4, 0.5) is 5.69 Å². The standard InChI is InChI=1S/C24H24Cl2N2O/c1-15-10-16(2)12-17(11-15)24(3,4)23(29)28(5)21-14-27-22(26)13-19(21)18-8-6-7-9-20(18)25/h6-14H,1-5H3. The number of hydrogen-bond donors (Lipinski definition) is 0. The van der Waals surface area contributed by atoms with Crippen molar-refractivity contribution in [1.29, 1.82) is 0 Å². The van der Waals surface area contributed by atoms with E-state index in [1.165, 1.54) is 0 Å². The van der Waals surface area contributed by atoms with Crippen molar-refractivity contribution in [1.82, 2.24) is 4.98 Å². The molecule has 3 rings (SSSR count). The molecule has 0 saturated heterocycles. The van der Waals surface area contributed by atoms with E-state index in [0.29, 0.717) is 15.9 Å². The van der Waals surface area contributed by atoms with E-state index in [1.54, 1.807) is 24.2 Å². The maximum atomic E-state index is 13.6. The summed E-state index contributed by atoms with van der Waals surface area (Å²) in [6, 6.07) is 15.5. The fourth-order valence-corrected chi connectivity index (χ4v) is 3.97. The Hall–Kier alpha value is -2.36. The first kappa shape index (κ1) is 21.4. The van der Waals surface area contributed by atoms with Gasteiger partial charge >= 0.3 is 0 Å². The van der Waals surface area contributed by atoms with Gasteiger partial charge in [0.05, 0.1) is 17.3 Å². The molecule has 0 N–H and O–H groups in total. The van der Waals surface area contributed by atoms with Crippen molar-refractivity contribution in [2.75, 3.05) is 11.9 Å². The third-order valence-electron chi connectivity index (χ3n) is 5.16. The zero-order chi connectivity index (χ0) is 21.3. The quantitative estimate of drug-likeness (QED) is 0.439. The van der Waals surface area contributed by atoms with Crippen LogP contribution in [0.3, 0.4) is 0 Å². The molecule has 0 aliphatic carbocycles. The smallest absolute Gasteiger partial charge is 0.236 e. The number of carbonyl (C=O) groups is 1. The minimum atomic E-state index is -0.719. The Balaban J connectivity index is 2.07. The number of halogens is 2. The fraction of sp³-hybridized carbons (Fsp3) is 0.250. The van der Waals surface area contributed by atoms with Gasteiger partial charge in [0.15, 0.2) is 0 Å². The van der Waals surface area contributed by atoms with E-state index < -0.39 is 5.41 Å². The van der Waals surface area contributed by atoms with Gasteiger partial charge in [0.2, 0.25) is 5.91 Å². The van der Waals surface area contributed by atoms with E-state index in [1.807, 2.05) is 52.0 Å². The number of rotatable bonds is 4. The molecule has 29 heavy (non-hydrogen) atoms. The van der Waals surface area contributed by atoms with Crippen molar-refractivity contribution >= 4 is 34.8 Å². The number of carbonyl (C=O) groups excluding carboxylic acids is 1. The minimum Gasteiger partial charge on any atom is -0.313 e. The summed E-state index contributed by atoms with van der Waals surface area (Å²) in [5, 5.41) is 0.934. The van der Waals surface area contributed by atoms with Crippen molar-refractivity contribution in [3.05, 3.63) is 81.6 Å². The lowest BCUT2D eigenvalue weighted by Gasteiger charge is -2.31. The summed E-state index contributed by atoms with van der Waals surface area (Å²) in [7, 11) is 1.76. The highest BCUT2D eigenvalue weighted by atomic mass is 35.5. The molecule has 1 heterocycles. The van der Waals surface area contributed by atoms with Gasteiger partial charge in [-0.25, -0.2) is 4.98 Å². The highest BCUT2D eigenvalue weighted by Gasteiger charge is 2.34. The van der Waals surface area contributed by atoms with Crippen molar-refractivity contribution < 1.29 is 4.79 Å². The SMILES string of the molecule is Cc1cc(C)cc(C(C)(C)C(=O)N(C)c2cnc(Cl)cc2-c2ccccc2Cl)c1. The molecule has 150 valence electrons. The molecule has 0 saturated carbocycles. The highest BCUT2D eigenvalue weighted by molar-refractivity contribution is 6.34. The fourth-order valence-electron chi connectivity index (χ4n) is 3.57. The van der Waals surface area contributed by atoms with Gasteiger partial charge in [-0.05, 0) is 45.4 Å². The molecule has 0 radical (unpaired) electrons.